The van der Waals surface area contributed by atoms with E-state index in [1.54, 1.807) is 12.1 Å². The van der Waals surface area contributed by atoms with Gasteiger partial charge < -0.3 is 5.32 Å². The molecule has 1 aromatic carbocycles. The number of benzene rings is 1. The van der Waals surface area contributed by atoms with E-state index in [2.05, 4.69) is 11.9 Å². The van der Waals surface area contributed by atoms with Crippen molar-refractivity contribution >= 4 is 17.7 Å². The monoisotopic (exact) mass is 326 g/mol. The molecule has 0 bridgehead atoms. The summed E-state index contributed by atoms with van der Waals surface area (Å²) in [5.74, 6) is -1.08. The van der Waals surface area contributed by atoms with Gasteiger partial charge in [0, 0.05) is 5.70 Å². The normalized spacial score (nSPS) is 21.6. The van der Waals surface area contributed by atoms with Crippen molar-refractivity contribution in [3.8, 4) is 0 Å². The van der Waals surface area contributed by atoms with Crippen LogP contribution < -0.4 is 5.32 Å². The first-order chi connectivity index (χ1) is 11.2. The van der Waals surface area contributed by atoms with Gasteiger partial charge in [0.15, 0.2) is 0 Å². The number of carbonyl (C=O) groups is 3. The molecule has 2 heterocycles. The van der Waals surface area contributed by atoms with E-state index in [0.717, 1.165) is 10.5 Å². The van der Waals surface area contributed by atoms with Crippen LogP contribution in [0.5, 0.6) is 0 Å². The van der Waals surface area contributed by atoms with Crippen LogP contribution in [0.15, 0.2) is 30.5 Å². The molecular weight excluding hydrogens is 304 g/mol. The molecule has 3 amide bonds. The van der Waals surface area contributed by atoms with Crippen LogP contribution in [0.25, 0.3) is 0 Å². The maximum atomic E-state index is 13.0. The van der Waals surface area contributed by atoms with Crippen molar-refractivity contribution in [1.82, 2.24) is 10.2 Å². The zero-order valence-electron chi connectivity index (χ0n) is 14.3. The van der Waals surface area contributed by atoms with Crippen molar-refractivity contribution in [3.05, 3.63) is 47.2 Å². The van der Waals surface area contributed by atoms with Gasteiger partial charge in [-0.2, -0.15) is 0 Å². The number of amides is 3. The molecule has 0 radical (unpaired) electrons. The van der Waals surface area contributed by atoms with E-state index in [4.69, 9.17) is 0 Å². The van der Waals surface area contributed by atoms with Gasteiger partial charge in [0.05, 0.1) is 11.1 Å². The summed E-state index contributed by atoms with van der Waals surface area (Å²) in [5.41, 5.74) is 2.03. The molecule has 1 aromatic rings. The number of imide groups is 1. The third-order valence-electron chi connectivity index (χ3n) is 4.62. The Morgan fingerprint density at radius 3 is 2.54 bits per heavy atom. The second-order valence-electron chi connectivity index (χ2n) is 7.46. The van der Waals surface area contributed by atoms with Crippen molar-refractivity contribution in [2.75, 3.05) is 0 Å². The number of allylic oxidation sites excluding steroid dienone is 1. The number of fused-ring (bicyclic) bond motifs is 1. The standard InChI is InChI=1S/C19H22N2O3/c1-11-7-5-10-14(16(22)20-11)21-17(23)12-8-6-9-13(19(2,3)4)15(12)18(21)24/h6,8-9,14H,1,5,7,10H2,2-4H3,(H,20,22). The fourth-order valence-electron chi connectivity index (χ4n) is 3.42. The molecule has 0 aliphatic carbocycles. The lowest BCUT2D eigenvalue weighted by Gasteiger charge is -2.24. The minimum Gasteiger partial charge on any atom is -0.329 e. The lowest BCUT2D eigenvalue weighted by Crippen LogP contribution is -2.48. The number of rotatable bonds is 1. The molecule has 1 unspecified atom stereocenters. The van der Waals surface area contributed by atoms with Crippen molar-refractivity contribution in [1.29, 1.82) is 0 Å². The number of nitrogens with zero attached hydrogens (tertiary/aromatic N) is 1. The predicted molar refractivity (Wildman–Crippen MR) is 90.6 cm³/mol. The Labute approximate surface area is 141 Å². The molecule has 0 saturated carbocycles. The topological polar surface area (TPSA) is 66.5 Å². The zero-order chi connectivity index (χ0) is 17.6. The molecule has 0 aromatic heterocycles. The summed E-state index contributed by atoms with van der Waals surface area (Å²) < 4.78 is 0. The second-order valence-corrected chi connectivity index (χ2v) is 7.46. The molecular formula is C19H22N2O3. The van der Waals surface area contributed by atoms with Crippen molar-refractivity contribution < 1.29 is 14.4 Å². The zero-order valence-corrected chi connectivity index (χ0v) is 14.3. The minimum absolute atomic E-state index is 0.267. The van der Waals surface area contributed by atoms with Gasteiger partial charge in [0.2, 0.25) is 5.91 Å². The lowest BCUT2D eigenvalue weighted by atomic mass is 9.82. The predicted octanol–water partition coefficient (Wildman–Crippen LogP) is 2.76. The number of nitrogens with one attached hydrogen (secondary N) is 1. The Hall–Kier alpha value is -2.43. The second kappa shape index (κ2) is 5.58. The van der Waals surface area contributed by atoms with E-state index < -0.39 is 6.04 Å². The van der Waals surface area contributed by atoms with Gasteiger partial charge in [0.25, 0.3) is 11.8 Å². The Morgan fingerprint density at radius 1 is 1.17 bits per heavy atom. The smallest absolute Gasteiger partial charge is 0.262 e. The van der Waals surface area contributed by atoms with E-state index in [0.29, 0.717) is 36.1 Å². The van der Waals surface area contributed by atoms with Crippen LogP contribution in [0.1, 0.15) is 66.3 Å². The average molecular weight is 326 g/mol. The third kappa shape index (κ3) is 2.54. The van der Waals surface area contributed by atoms with Gasteiger partial charge in [-0.1, -0.05) is 39.5 Å². The summed E-state index contributed by atoms with van der Waals surface area (Å²) in [6.07, 6.45) is 1.83. The Kier molecular flexibility index (Phi) is 3.82. The van der Waals surface area contributed by atoms with Crippen LogP contribution in [0, 0.1) is 0 Å². The maximum absolute atomic E-state index is 13.0. The van der Waals surface area contributed by atoms with Gasteiger partial charge in [0.1, 0.15) is 6.04 Å². The fourth-order valence-corrected chi connectivity index (χ4v) is 3.42. The quantitative estimate of drug-likeness (QED) is 0.807. The van der Waals surface area contributed by atoms with Gasteiger partial charge in [-0.05, 0) is 36.3 Å². The molecule has 1 atom stereocenters. The van der Waals surface area contributed by atoms with E-state index in [9.17, 15) is 14.4 Å². The van der Waals surface area contributed by atoms with E-state index in [1.807, 2.05) is 26.8 Å². The van der Waals surface area contributed by atoms with Crippen LogP contribution in [0.3, 0.4) is 0 Å². The summed E-state index contributed by atoms with van der Waals surface area (Å²) in [6, 6.07) is 4.56. The summed E-state index contributed by atoms with van der Waals surface area (Å²) in [7, 11) is 0. The fraction of sp³-hybridized carbons (Fsp3) is 0.421. The molecule has 1 fully saturated rings. The highest BCUT2D eigenvalue weighted by Gasteiger charge is 2.45. The largest absolute Gasteiger partial charge is 0.329 e. The molecule has 5 heteroatoms. The van der Waals surface area contributed by atoms with Crippen LogP contribution >= 0.6 is 0 Å². The van der Waals surface area contributed by atoms with E-state index in [1.165, 1.54) is 0 Å². The molecule has 2 aliphatic rings. The SMILES string of the molecule is C=C1CCCC(N2C(=O)c3cccc(C(C)(C)C)c3C2=O)C(=O)N1. The Morgan fingerprint density at radius 2 is 1.88 bits per heavy atom. The highest BCUT2D eigenvalue weighted by atomic mass is 16.2. The summed E-state index contributed by atoms with van der Waals surface area (Å²) in [6.45, 7) is 9.81. The third-order valence-corrected chi connectivity index (χ3v) is 4.62. The van der Waals surface area contributed by atoms with Crippen molar-refractivity contribution in [2.45, 2.75) is 51.5 Å². The van der Waals surface area contributed by atoms with Crippen molar-refractivity contribution in [2.24, 2.45) is 0 Å². The van der Waals surface area contributed by atoms with Crippen LogP contribution in [-0.4, -0.2) is 28.7 Å². The maximum Gasteiger partial charge on any atom is 0.262 e. The molecule has 1 N–H and O–H groups in total. The summed E-state index contributed by atoms with van der Waals surface area (Å²) in [4.78, 5) is 39.4. The molecule has 2 aliphatic heterocycles. The highest BCUT2D eigenvalue weighted by molar-refractivity contribution is 6.23. The van der Waals surface area contributed by atoms with Gasteiger partial charge in [-0.3, -0.25) is 19.3 Å². The first kappa shape index (κ1) is 16.4. The lowest BCUT2D eigenvalue weighted by molar-refractivity contribution is -0.124. The van der Waals surface area contributed by atoms with Crippen LogP contribution in [-0.2, 0) is 10.2 Å². The molecule has 126 valence electrons. The number of carbonyl (C=O) groups excluding carboxylic acids is 3. The molecule has 1 saturated heterocycles. The van der Waals surface area contributed by atoms with E-state index >= 15 is 0 Å². The van der Waals surface area contributed by atoms with Gasteiger partial charge in [-0.15, -0.1) is 0 Å². The molecule has 3 rings (SSSR count). The number of hydrogen-bond acceptors (Lipinski definition) is 3. The minimum atomic E-state index is -0.774. The van der Waals surface area contributed by atoms with Gasteiger partial charge >= 0.3 is 0 Å². The van der Waals surface area contributed by atoms with Crippen LogP contribution in [0.4, 0.5) is 0 Å². The Bertz CT molecular complexity index is 758. The average Bonchev–Trinajstić information content (AvgIpc) is 2.63. The number of hydrogen-bond donors (Lipinski definition) is 1. The van der Waals surface area contributed by atoms with Gasteiger partial charge in [-0.25, -0.2) is 0 Å². The molecule has 24 heavy (non-hydrogen) atoms. The first-order valence-corrected chi connectivity index (χ1v) is 8.22. The summed E-state index contributed by atoms with van der Waals surface area (Å²) in [5, 5.41) is 2.70. The van der Waals surface area contributed by atoms with Crippen molar-refractivity contribution in [3.63, 3.8) is 0 Å². The summed E-state index contributed by atoms with van der Waals surface area (Å²) >= 11 is 0. The molecule has 5 nitrogen and oxygen atoms in total. The Balaban J connectivity index is 2.05. The van der Waals surface area contributed by atoms with Crippen LogP contribution in [0.2, 0.25) is 0 Å². The highest BCUT2D eigenvalue weighted by Crippen LogP contribution is 2.35. The van der Waals surface area contributed by atoms with E-state index in [-0.39, 0.29) is 23.1 Å². The molecule has 0 spiro atoms. The first-order valence-electron chi connectivity index (χ1n) is 8.22.